The van der Waals surface area contributed by atoms with E-state index in [1.807, 2.05) is 24.3 Å². The Balaban J connectivity index is 2.23. The van der Waals surface area contributed by atoms with Crippen LogP contribution in [0.1, 0.15) is 0 Å². The number of H-pyrrole nitrogens is 1. The summed E-state index contributed by atoms with van der Waals surface area (Å²) >= 11 is 0. The third-order valence-corrected chi connectivity index (χ3v) is 2.40. The molecule has 0 saturated heterocycles. The minimum atomic E-state index is 0.669. The molecule has 2 heterocycles. The number of para-hydroxylation sites is 1. The topological polar surface area (TPSA) is 80.5 Å². The van der Waals surface area contributed by atoms with E-state index < -0.39 is 0 Å². The maximum absolute atomic E-state index is 5.84. The highest BCUT2D eigenvalue weighted by Crippen LogP contribution is 2.22. The number of fused-ring (bicyclic) bond motifs is 1. The second kappa shape index (κ2) is 3.30. The fraction of sp³-hybridized carbons (Fsp3) is 0. The Kier molecular flexibility index (Phi) is 1.83. The summed E-state index contributed by atoms with van der Waals surface area (Å²) in [6, 6.07) is 7.51. The molecule has 0 bridgehead atoms. The number of hydrogen-bond acceptors (Lipinski definition) is 4. The monoisotopic (exact) mass is 211 g/mol. The summed E-state index contributed by atoms with van der Waals surface area (Å²) in [4.78, 5) is 7.63. The van der Waals surface area contributed by atoms with Crippen molar-refractivity contribution in [3.63, 3.8) is 0 Å². The summed E-state index contributed by atoms with van der Waals surface area (Å²) in [6.07, 6.45) is 3.29. The molecule has 0 aliphatic heterocycles. The molecule has 16 heavy (non-hydrogen) atoms. The van der Waals surface area contributed by atoms with Crippen LogP contribution in [0.5, 0.6) is 0 Å². The first-order valence-corrected chi connectivity index (χ1v) is 4.86. The van der Waals surface area contributed by atoms with E-state index >= 15 is 0 Å². The predicted molar refractivity (Wildman–Crippen MR) is 61.5 cm³/mol. The molecule has 5 heteroatoms. The standard InChI is InChI=1S/C11H9N5/c12-8-2-1-3-9-10(8)16-11(15-9)7-4-5-13-14-6-7/h1-6H,12H2,(H,15,16). The Morgan fingerprint density at radius 3 is 2.81 bits per heavy atom. The van der Waals surface area contributed by atoms with E-state index in [0.29, 0.717) is 5.69 Å². The molecule has 5 nitrogen and oxygen atoms in total. The van der Waals surface area contributed by atoms with Crippen molar-refractivity contribution in [2.45, 2.75) is 0 Å². The van der Waals surface area contributed by atoms with Crippen LogP contribution in [0.2, 0.25) is 0 Å². The average Bonchev–Trinajstić information content (AvgIpc) is 2.76. The number of nitrogens with zero attached hydrogens (tertiary/aromatic N) is 3. The molecule has 78 valence electrons. The number of hydrogen-bond donors (Lipinski definition) is 2. The molecule has 3 N–H and O–H groups in total. The van der Waals surface area contributed by atoms with Crippen molar-refractivity contribution in [3.05, 3.63) is 36.7 Å². The summed E-state index contributed by atoms with van der Waals surface area (Å²) in [5, 5.41) is 7.54. The molecule has 2 aromatic heterocycles. The highest BCUT2D eigenvalue weighted by molar-refractivity contribution is 5.89. The van der Waals surface area contributed by atoms with Crippen molar-refractivity contribution >= 4 is 16.7 Å². The van der Waals surface area contributed by atoms with E-state index in [0.717, 1.165) is 22.4 Å². The molecule has 0 radical (unpaired) electrons. The number of aromatic nitrogens is 4. The van der Waals surface area contributed by atoms with Gasteiger partial charge in [-0.25, -0.2) is 4.98 Å². The van der Waals surface area contributed by atoms with Crippen LogP contribution in [-0.2, 0) is 0 Å². The van der Waals surface area contributed by atoms with Crippen LogP contribution in [0.15, 0.2) is 36.7 Å². The van der Waals surface area contributed by atoms with Gasteiger partial charge in [-0.15, -0.1) is 0 Å². The van der Waals surface area contributed by atoms with Gasteiger partial charge in [0.1, 0.15) is 11.3 Å². The predicted octanol–water partition coefficient (Wildman–Crippen LogP) is 1.60. The van der Waals surface area contributed by atoms with Gasteiger partial charge in [0, 0.05) is 5.56 Å². The third kappa shape index (κ3) is 1.30. The number of benzene rings is 1. The molecule has 0 saturated carbocycles. The lowest BCUT2D eigenvalue weighted by molar-refractivity contribution is 1.03. The molecule has 3 rings (SSSR count). The van der Waals surface area contributed by atoms with Gasteiger partial charge in [-0.1, -0.05) is 6.07 Å². The van der Waals surface area contributed by atoms with Crippen molar-refractivity contribution < 1.29 is 0 Å². The average molecular weight is 211 g/mol. The first kappa shape index (κ1) is 8.84. The van der Waals surface area contributed by atoms with E-state index in [9.17, 15) is 0 Å². The number of nitrogens with two attached hydrogens (primary N) is 1. The number of nitrogen functional groups attached to an aromatic ring is 1. The SMILES string of the molecule is Nc1cccc2[nH]c(-c3ccnnc3)nc12. The Labute approximate surface area is 91.3 Å². The van der Waals surface area contributed by atoms with Gasteiger partial charge in [-0.3, -0.25) is 0 Å². The molecule has 0 amide bonds. The number of imidazole rings is 1. The van der Waals surface area contributed by atoms with Gasteiger partial charge in [-0.2, -0.15) is 10.2 Å². The quantitative estimate of drug-likeness (QED) is 0.599. The van der Waals surface area contributed by atoms with Crippen LogP contribution in [0.3, 0.4) is 0 Å². The summed E-state index contributed by atoms with van der Waals surface area (Å²) in [6.45, 7) is 0. The van der Waals surface area contributed by atoms with Gasteiger partial charge in [0.05, 0.1) is 23.6 Å². The second-order valence-corrected chi connectivity index (χ2v) is 3.46. The van der Waals surface area contributed by atoms with Crippen LogP contribution >= 0.6 is 0 Å². The Bertz CT molecular complexity index is 629. The zero-order valence-electron chi connectivity index (χ0n) is 8.38. The van der Waals surface area contributed by atoms with Crippen LogP contribution < -0.4 is 5.73 Å². The minimum Gasteiger partial charge on any atom is -0.397 e. The zero-order valence-corrected chi connectivity index (χ0v) is 8.38. The molecule has 0 fully saturated rings. The first-order valence-electron chi connectivity index (χ1n) is 4.86. The number of anilines is 1. The van der Waals surface area contributed by atoms with Crippen molar-refractivity contribution in [2.75, 3.05) is 5.73 Å². The van der Waals surface area contributed by atoms with Gasteiger partial charge >= 0.3 is 0 Å². The lowest BCUT2D eigenvalue weighted by Gasteiger charge is -1.91. The van der Waals surface area contributed by atoms with E-state index in [4.69, 9.17) is 5.73 Å². The summed E-state index contributed by atoms with van der Waals surface area (Å²) in [5.74, 6) is 0.753. The number of rotatable bonds is 1. The van der Waals surface area contributed by atoms with Crippen LogP contribution in [0.25, 0.3) is 22.4 Å². The van der Waals surface area contributed by atoms with Gasteiger partial charge in [0.25, 0.3) is 0 Å². The largest absolute Gasteiger partial charge is 0.397 e. The highest BCUT2D eigenvalue weighted by atomic mass is 15.1. The molecule has 0 atom stereocenters. The summed E-state index contributed by atoms with van der Waals surface area (Å²) < 4.78 is 0. The van der Waals surface area contributed by atoms with E-state index in [2.05, 4.69) is 20.2 Å². The van der Waals surface area contributed by atoms with Crippen molar-refractivity contribution in [3.8, 4) is 11.4 Å². The number of nitrogens with one attached hydrogen (secondary N) is 1. The maximum atomic E-state index is 5.84. The van der Waals surface area contributed by atoms with Gasteiger partial charge in [-0.05, 0) is 18.2 Å². The van der Waals surface area contributed by atoms with Crippen molar-refractivity contribution in [1.29, 1.82) is 0 Å². The molecule has 0 aliphatic rings. The zero-order chi connectivity index (χ0) is 11.0. The Morgan fingerprint density at radius 2 is 2.06 bits per heavy atom. The molecule has 3 aromatic rings. The fourth-order valence-electron chi connectivity index (χ4n) is 1.62. The molecular formula is C11H9N5. The van der Waals surface area contributed by atoms with Crippen LogP contribution in [0, 0.1) is 0 Å². The molecule has 0 unspecified atom stereocenters. The van der Waals surface area contributed by atoms with Crippen molar-refractivity contribution in [2.24, 2.45) is 0 Å². The lowest BCUT2D eigenvalue weighted by atomic mass is 10.3. The van der Waals surface area contributed by atoms with Crippen LogP contribution in [0.4, 0.5) is 5.69 Å². The highest BCUT2D eigenvalue weighted by Gasteiger charge is 2.06. The molecule has 0 aliphatic carbocycles. The molecule has 1 aromatic carbocycles. The maximum Gasteiger partial charge on any atom is 0.140 e. The minimum absolute atomic E-state index is 0.669. The molecular weight excluding hydrogens is 202 g/mol. The third-order valence-electron chi connectivity index (χ3n) is 2.40. The molecule has 0 spiro atoms. The Hall–Kier alpha value is -2.43. The lowest BCUT2D eigenvalue weighted by Crippen LogP contribution is -1.85. The van der Waals surface area contributed by atoms with Gasteiger partial charge in [0.15, 0.2) is 0 Å². The summed E-state index contributed by atoms with van der Waals surface area (Å²) in [5.41, 5.74) is 9.11. The van der Waals surface area contributed by atoms with Gasteiger partial charge in [0.2, 0.25) is 0 Å². The fourth-order valence-corrected chi connectivity index (χ4v) is 1.62. The van der Waals surface area contributed by atoms with E-state index in [-0.39, 0.29) is 0 Å². The number of aromatic amines is 1. The second-order valence-electron chi connectivity index (χ2n) is 3.46. The Morgan fingerprint density at radius 1 is 1.12 bits per heavy atom. The normalized spacial score (nSPS) is 10.8. The van der Waals surface area contributed by atoms with Gasteiger partial charge < -0.3 is 10.7 Å². The van der Waals surface area contributed by atoms with Crippen LogP contribution in [-0.4, -0.2) is 20.2 Å². The first-order chi connectivity index (χ1) is 7.84. The smallest absolute Gasteiger partial charge is 0.140 e. The van der Waals surface area contributed by atoms with E-state index in [1.165, 1.54) is 0 Å². The van der Waals surface area contributed by atoms with Crippen molar-refractivity contribution in [1.82, 2.24) is 20.2 Å². The summed E-state index contributed by atoms with van der Waals surface area (Å²) in [7, 11) is 0. The van der Waals surface area contributed by atoms with E-state index in [1.54, 1.807) is 12.4 Å².